The van der Waals surface area contributed by atoms with E-state index >= 15 is 0 Å². The molecular formula is C23H25N3O7. The summed E-state index contributed by atoms with van der Waals surface area (Å²) in [5.74, 6) is 0. The van der Waals surface area contributed by atoms with Gasteiger partial charge in [-0.15, -0.1) is 0 Å². The lowest BCUT2D eigenvalue weighted by Crippen LogP contribution is -2.41. The molecule has 0 aliphatic carbocycles. The summed E-state index contributed by atoms with van der Waals surface area (Å²) in [7, 11) is 1.34. The van der Waals surface area contributed by atoms with Gasteiger partial charge in [-0.05, 0) is 22.8 Å². The van der Waals surface area contributed by atoms with E-state index in [0.29, 0.717) is 12.8 Å². The third kappa shape index (κ3) is 4.46. The van der Waals surface area contributed by atoms with Crippen LogP contribution in [0.15, 0.2) is 58.3 Å². The second-order valence-corrected chi connectivity index (χ2v) is 7.85. The Morgan fingerprint density at radius 3 is 2.67 bits per heavy atom. The molecule has 33 heavy (non-hydrogen) atoms. The SMILES string of the molecule is CO[C@@H]1[C@@H](O)[C@@H](CO)O[C@H]1n1cc(N(C=O)CCc2ccc3ccccc3c2)c(=O)[nH]c1=O. The topological polar surface area (TPSA) is 134 Å². The molecule has 4 rings (SSSR count). The Balaban J connectivity index is 1.60. The summed E-state index contributed by atoms with van der Waals surface area (Å²) in [6.45, 7) is -0.279. The van der Waals surface area contributed by atoms with E-state index < -0.39 is 42.4 Å². The average molecular weight is 455 g/mol. The van der Waals surface area contributed by atoms with Crippen LogP contribution in [-0.2, 0) is 20.7 Å². The summed E-state index contributed by atoms with van der Waals surface area (Å²) in [5, 5.41) is 21.9. The first-order valence-electron chi connectivity index (χ1n) is 10.5. The van der Waals surface area contributed by atoms with Crippen molar-refractivity contribution in [1.82, 2.24) is 9.55 Å². The first-order valence-corrected chi connectivity index (χ1v) is 10.5. The van der Waals surface area contributed by atoms with Crippen LogP contribution in [-0.4, -0.2) is 64.7 Å². The molecule has 10 nitrogen and oxygen atoms in total. The number of nitrogens with one attached hydrogen (secondary N) is 1. The number of methoxy groups -OCH3 is 1. The fraction of sp³-hybridized carbons (Fsp3) is 0.348. The molecule has 1 fully saturated rings. The Bertz CT molecular complexity index is 1250. The fourth-order valence-electron chi connectivity index (χ4n) is 4.09. The highest BCUT2D eigenvalue weighted by atomic mass is 16.6. The third-order valence-electron chi connectivity index (χ3n) is 5.88. The van der Waals surface area contributed by atoms with E-state index in [1.807, 2.05) is 42.5 Å². The highest BCUT2D eigenvalue weighted by molar-refractivity contribution is 5.83. The summed E-state index contributed by atoms with van der Waals surface area (Å²) in [4.78, 5) is 40.2. The number of aromatic nitrogens is 2. The van der Waals surface area contributed by atoms with Gasteiger partial charge in [0.25, 0.3) is 5.56 Å². The molecule has 1 amide bonds. The number of nitrogens with zero attached hydrogens (tertiary/aromatic N) is 2. The molecule has 0 unspecified atom stereocenters. The minimum Gasteiger partial charge on any atom is -0.394 e. The van der Waals surface area contributed by atoms with Gasteiger partial charge in [0, 0.05) is 19.9 Å². The van der Waals surface area contributed by atoms with Crippen LogP contribution in [0.25, 0.3) is 10.8 Å². The maximum absolute atomic E-state index is 12.5. The molecule has 1 aliphatic rings. The number of anilines is 1. The maximum atomic E-state index is 12.5. The number of carbonyl (C=O) groups excluding carboxylic acids is 1. The molecule has 1 saturated heterocycles. The molecule has 0 radical (unpaired) electrons. The Morgan fingerprint density at radius 1 is 1.21 bits per heavy atom. The molecule has 3 aromatic rings. The number of carbonyl (C=O) groups is 1. The summed E-state index contributed by atoms with van der Waals surface area (Å²) >= 11 is 0. The summed E-state index contributed by atoms with van der Waals surface area (Å²) in [6.07, 6.45) is -1.98. The minimum absolute atomic E-state index is 0.0502. The highest BCUT2D eigenvalue weighted by Crippen LogP contribution is 2.30. The highest BCUT2D eigenvalue weighted by Gasteiger charge is 2.45. The van der Waals surface area contributed by atoms with E-state index in [-0.39, 0.29) is 12.2 Å². The van der Waals surface area contributed by atoms with Crippen molar-refractivity contribution in [2.24, 2.45) is 0 Å². The lowest BCUT2D eigenvalue weighted by molar-refractivity contribution is -0.107. The van der Waals surface area contributed by atoms with Crippen molar-refractivity contribution in [3.63, 3.8) is 0 Å². The van der Waals surface area contributed by atoms with E-state index in [4.69, 9.17) is 9.47 Å². The van der Waals surface area contributed by atoms with Crippen molar-refractivity contribution >= 4 is 22.9 Å². The van der Waals surface area contributed by atoms with Crippen molar-refractivity contribution in [2.75, 3.05) is 25.2 Å². The first kappa shape index (κ1) is 22.9. The number of aliphatic hydroxyl groups is 2. The number of aromatic amines is 1. The average Bonchev–Trinajstić information content (AvgIpc) is 3.15. The van der Waals surface area contributed by atoms with Crippen LogP contribution in [0.2, 0.25) is 0 Å². The van der Waals surface area contributed by atoms with Gasteiger partial charge >= 0.3 is 5.69 Å². The molecule has 2 aromatic carbocycles. The summed E-state index contributed by atoms with van der Waals surface area (Å²) < 4.78 is 11.9. The second-order valence-electron chi connectivity index (χ2n) is 7.85. The standard InChI is InChI=1S/C23H25N3O7/c1-32-20-19(29)18(12-27)33-22(20)26-11-17(21(30)24-23(26)31)25(13-28)9-8-14-6-7-15-4-2-3-5-16(15)10-14/h2-7,10-11,13,18-20,22,27,29H,8-9,12H2,1H3,(H,24,30,31)/t18-,19+,20-,22-/m1/s1. The van der Waals surface area contributed by atoms with Gasteiger partial charge in [-0.25, -0.2) is 4.79 Å². The van der Waals surface area contributed by atoms with Crippen molar-refractivity contribution in [1.29, 1.82) is 0 Å². The van der Waals surface area contributed by atoms with Gasteiger partial charge in [0.1, 0.15) is 24.0 Å². The zero-order valence-electron chi connectivity index (χ0n) is 18.0. The number of benzene rings is 2. The lowest BCUT2D eigenvalue weighted by atomic mass is 10.1. The molecule has 2 heterocycles. The predicted octanol–water partition coefficient (Wildman–Crippen LogP) is 0.161. The minimum atomic E-state index is -1.18. The Morgan fingerprint density at radius 2 is 1.97 bits per heavy atom. The monoisotopic (exact) mass is 455 g/mol. The number of rotatable bonds is 8. The molecule has 10 heteroatoms. The van der Waals surface area contributed by atoms with Crippen LogP contribution in [0.5, 0.6) is 0 Å². The van der Waals surface area contributed by atoms with Gasteiger partial charge in [-0.2, -0.15) is 0 Å². The van der Waals surface area contributed by atoms with Crippen molar-refractivity contribution < 1.29 is 24.5 Å². The Kier molecular flexibility index (Phi) is 6.70. The number of aliphatic hydroxyl groups excluding tert-OH is 2. The Labute approximate surface area is 188 Å². The van der Waals surface area contributed by atoms with Gasteiger partial charge in [-0.1, -0.05) is 42.5 Å². The van der Waals surface area contributed by atoms with Crippen molar-refractivity contribution in [3.8, 4) is 0 Å². The predicted molar refractivity (Wildman–Crippen MR) is 120 cm³/mol. The van der Waals surface area contributed by atoms with Gasteiger partial charge in [-0.3, -0.25) is 19.1 Å². The molecule has 0 bridgehead atoms. The molecule has 1 aromatic heterocycles. The van der Waals surface area contributed by atoms with Crippen LogP contribution in [0.1, 0.15) is 11.8 Å². The van der Waals surface area contributed by atoms with E-state index in [0.717, 1.165) is 20.9 Å². The fourth-order valence-corrected chi connectivity index (χ4v) is 4.09. The Hall–Kier alpha value is -3.31. The number of hydrogen-bond donors (Lipinski definition) is 3. The van der Waals surface area contributed by atoms with Crippen LogP contribution < -0.4 is 16.1 Å². The molecule has 0 saturated carbocycles. The normalized spacial score (nSPS) is 22.5. The zero-order chi connectivity index (χ0) is 23.5. The molecule has 4 atom stereocenters. The van der Waals surface area contributed by atoms with E-state index in [1.54, 1.807) is 0 Å². The van der Waals surface area contributed by atoms with E-state index in [2.05, 4.69) is 4.98 Å². The van der Waals surface area contributed by atoms with Crippen LogP contribution in [0.3, 0.4) is 0 Å². The van der Waals surface area contributed by atoms with E-state index in [1.165, 1.54) is 18.2 Å². The lowest BCUT2D eigenvalue weighted by Gasteiger charge is -2.23. The first-order chi connectivity index (χ1) is 16.0. The van der Waals surface area contributed by atoms with Gasteiger partial charge in [0.2, 0.25) is 6.41 Å². The largest absolute Gasteiger partial charge is 0.394 e. The van der Waals surface area contributed by atoms with Gasteiger partial charge in [0.05, 0.1) is 6.61 Å². The van der Waals surface area contributed by atoms with E-state index in [9.17, 15) is 24.6 Å². The number of fused-ring (bicyclic) bond motifs is 1. The van der Waals surface area contributed by atoms with Crippen molar-refractivity contribution in [2.45, 2.75) is 31.0 Å². The molecule has 3 N–H and O–H groups in total. The molecule has 0 spiro atoms. The molecule has 1 aliphatic heterocycles. The van der Waals surface area contributed by atoms with Crippen molar-refractivity contribution in [3.05, 3.63) is 75.1 Å². The summed E-state index contributed by atoms with van der Waals surface area (Å²) in [5.41, 5.74) is -0.585. The number of hydrogen-bond acceptors (Lipinski definition) is 7. The molecule has 174 valence electrons. The smallest absolute Gasteiger partial charge is 0.330 e. The number of H-pyrrole nitrogens is 1. The third-order valence-corrected chi connectivity index (χ3v) is 5.88. The van der Waals surface area contributed by atoms with Crippen LogP contribution in [0.4, 0.5) is 5.69 Å². The quantitative estimate of drug-likeness (QED) is 0.412. The number of ether oxygens (including phenoxy) is 2. The number of amides is 1. The van der Waals surface area contributed by atoms with Gasteiger partial charge < -0.3 is 24.6 Å². The summed E-state index contributed by atoms with van der Waals surface area (Å²) in [6, 6.07) is 13.9. The van der Waals surface area contributed by atoms with Crippen LogP contribution in [0, 0.1) is 0 Å². The maximum Gasteiger partial charge on any atom is 0.330 e. The van der Waals surface area contributed by atoms with Crippen LogP contribution >= 0.6 is 0 Å². The zero-order valence-corrected chi connectivity index (χ0v) is 18.0. The second kappa shape index (κ2) is 9.67. The van der Waals surface area contributed by atoms with Gasteiger partial charge in [0.15, 0.2) is 6.23 Å². The molecular weight excluding hydrogens is 430 g/mol.